The minimum Gasteiger partial charge on any atom is -0.344 e. The molecule has 0 aliphatic rings. The molecule has 0 saturated heterocycles. The van der Waals surface area contributed by atoms with E-state index in [1.54, 1.807) is 25.8 Å². The number of amides is 1. The van der Waals surface area contributed by atoms with Gasteiger partial charge in [-0.15, -0.1) is 0 Å². The molecule has 0 atom stereocenters. The van der Waals surface area contributed by atoms with Crippen molar-refractivity contribution in [2.45, 2.75) is 39.2 Å². The van der Waals surface area contributed by atoms with Crippen molar-refractivity contribution < 1.29 is 4.79 Å². The third-order valence-electron chi connectivity index (χ3n) is 1.74. The quantitative estimate of drug-likeness (QED) is 0.687. The van der Waals surface area contributed by atoms with E-state index in [0.717, 1.165) is 19.4 Å². The van der Waals surface area contributed by atoms with E-state index < -0.39 is 5.54 Å². The van der Waals surface area contributed by atoms with E-state index in [1.165, 1.54) is 0 Å². The highest BCUT2D eigenvalue weighted by Gasteiger charge is 2.24. The van der Waals surface area contributed by atoms with Gasteiger partial charge in [-0.3, -0.25) is 4.79 Å². The number of unbranched alkanes of at least 4 members (excludes halogenated alkanes) is 1. The first kappa shape index (κ1) is 11.4. The maximum Gasteiger partial charge on any atom is 0.241 e. The number of hydrogen-bond donors (Lipinski definition) is 1. The third-order valence-corrected chi connectivity index (χ3v) is 1.74. The van der Waals surface area contributed by atoms with E-state index in [4.69, 9.17) is 5.73 Å². The summed E-state index contributed by atoms with van der Waals surface area (Å²) in [4.78, 5) is 13.2. The monoisotopic (exact) mass is 172 g/mol. The van der Waals surface area contributed by atoms with Crippen molar-refractivity contribution >= 4 is 5.91 Å². The van der Waals surface area contributed by atoms with Crippen LogP contribution in [0, 0.1) is 0 Å². The van der Waals surface area contributed by atoms with Crippen LogP contribution in [0.2, 0.25) is 0 Å². The molecule has 72 valence electrons. The van der Waals surface area contributed by atoms with E-state index in [9.17, 15) is 4.79 Å². The summed E-state index contributed by atoms with van der Waals surface area (Å²) in [6, 6.07) is 0. The fourth-order valence-electron chi connectivity index (χ4n) is 0.989. The van der Waals surface area contributed by atoms with Crippen LogP contribution in [0.1, 0.15) is 33.6 Å². The Bertz CT molecular complexity index is 149. The number of likely N-dealkylation sites (N-methyl/N-ethyl adjacent to an activating group) is 1. The molecule has 1 amide bonds. The molecule has 0 fully saturated rings. The van der Waals surface area contributed by atoms with Crippen LogP contribution in [0.5, 0.6) is 0 Å². The van der Waals surface area contributed by atoms with Crippen molar-refractivity contribution in [2.24, 2.45) is 5.73 Å². The van der Waals surface area contributed by atoms with Gasteiger partial charge in [0, 0.05) is 13.6 Å². The first-order valence-electron chi connectivity index (χ1n) is 4.44. The molecule has 0 spiro atoms. The lowest BCUT2D eigenvalue weighted by Crippen LogP contribution is -2.49. The summed E-state index contributed by atoms with van der Waals surface area (Å²) >= 11 is 0. The van der Waals surface area contributed by atoms with Gasteiger partial charge < -0.3 is 10.6 Å². The van der Waals surface area contributed by atoms with Gasteiger partial charge in [0.25, 0.3) is 0 Å². The molecule has 0 radical (unpaired) electrons. The topological polar surface area (TPSA) is 46.3 Å². The Balaban J connectivity index is 3.94. The van der Waals surface area contributed by atoms with Crippen LogP contribution in [0.3, 0.4) is 0 Å². The molecule has 0 heterocycles. The van der Waals surface area contributed by atoms with Gasteiger partial charge in [-0.25, -0.2) is 0 Å². The Hall–Kier alpha value is -0.570. The van der Waals surface area contributed by atoms with Gasteiger partial charge >= 0.3 is 0 Å². The maximum atomic E-state index is 11.5. The average molecular weight is 172 g/mol. The number of rotatable bonds is 4. The van der Waals surface area contributed by atoms with Gasteiger partial charge in [-0.05, 0) is 20.3 Å². The largest absolute Gasteiger partial charge is 0.344 e. The summed E-state index contributed by atoms with van der Waals surface area (Å²) in [6.07, 6.45) is 2.14. The minimum atomic E-state index is -0.734. The van der Waals surface area contributed by atoms with Crippen LogP contribution in [-0.4, -0.2) is 29.9 Å². The molecule has 0 bridgehead atoms. The van der Waals surface area contributed by atoms with Crippen molar-refractivity contribution in [1.29, 1.82) is 0 Å². The highest BCUT2D eigenvalue weighted by atomic mass is 16.2. The normalized spacial score (nSPS) is 11.4. The van der Waals surface area contributed by atoms with Gasteiger partial charge in [0.05, 0.1) is 5.54 Å². The molecular weight excluding hydrogens is 152 g/mol. The second-order valence-corrected chi connectivity index (χ2v) is 3.80. The molecule has 0 aromatic rings. The molecule has 12 heavy (non-hydrogen) atoms. The zero-order chi connectivity index (χ0) is 9.78. The Morgan fingerprint density at radius 3 is 2.33 bits per heavy atom. The number of nitrogens with zero attached hydrogens (tertiary/aromatic N) is 1. The lowest BCUT2D eigenvalue weighted by atomic mass is 10.1. The van der Waals surface area contributed by atoms with Gasteiger partial charge in [-0.1, -0.05) is 13.3 Å². The smallest absolute Gasteiger partial charge is 0.241 e. The van der Waals surface area contributed by atoms with Gasteiger partial charge in [0.2, 0.25) is 5.91 Å². The summed E-state index contributed by atoms with van der Waals surface area (Å²) in [7, 11) is 1.80. The maximum absolute atomic E-state index is 11.5. The summed E-state index contributed by atoms with van der Waals surface area (Å²) in [5.74, 6) is 0.0101. The van der Waals surface area contributed by atoms with Crippen molar-refractivity contribution in [3.63, 3.8) is 0 Å². The van der Waals surface area contributed by atoms with E-state index in [2.05, 4.69) is 6.92 Å². The molecule has 0 aliphatic carbocycles. The molecule has 0 rings (SSSR count). The first-order chi connectivity index (χ1) is 5.39. The molecule has 3 heteroatoms. The zero-order valence-electron chi connectivity index (χ0n) is 8.55. The first-order valence-corrected chi connectivity index (χ1v) is 4.44. The second kappa shape index (κ2) is 4.45. The summed E-state index contributed by atoms with van der Waals surface area (Å²) in [5, 5.41) is 0. The standard InChI is InChI=1S/C9H20N2O/c1-5-6-7-11(4)8(12)9(2,3)10/h5-7,10H2,1-4H3. The molecule has 3 nitrogen and oxygen atoms in total. The summed E-state index contributed by atoms with van der Waals surface area (Å²) < 4.78 is 0. The van der Waals surface area contributed by atoms with Crippen LogP contribution in [0.15, 0.2) is 0 Å². The molecular formula is C9H20N2O. The van der Waals surface area contributed by atoms with Crippen molar-refractivity contribution in [1.82, 2.24) is 4.90 Å². The predicted octanol–water partition coefficient (Wildman–Crippen LogP) is 0.982. The van der Waals surface area contributed by atoms with Crippen LogP contribution in [-0.2, 0) is 4.79 Å². The number of hydrogen-bond acceptors (Lipinski definition) is 2. The average Bonchev–Trinajstić information content (AvgIpc) is 1.97. The number of carbonyl (C=O) groups is 1. The number of carbonyl (C=O) groups excluding carboxylic acids is 1. The van der Waals surface area contributed by atoms with Crippen LogP contribution < -0.4 is 5.73 Å². The Kier molecular flexibility index (Phi) is 4.24. The predicted molar refractivity (Wildman–Crippen MR) is 50.8 cm³/mol. The highest BCUT2D eigenvalue weighted by molar-refractivity contribution is 5.84. The fraction of sp³-hybridized carbons (Fsp3) is 0.889. The van der Waals surface area contributed by atoms with Crippen molar-refractivity contribution in [3.05, 3.63) is 0 Å². The fourth-order valence-corrected chi connectivity index (χ4v) is 0.989. The molecule has 0 unspecified atom stereocenters. The van der Waals surface area contributed by atoms with E-state index >= 15 is 0 Å². The number of nitrogens with two attached hydrogens (primary N) is 1. The summed E-state index contributed by atoms with van der Waals surface area (Å²) in [5.41, 5.74) is 4.93. The molecule has 2 N–H and O–H groups in total. The zero-order valence-corrected chi connectivity index (χ0v) is 8.55. The Labute approximate surface area is 74.9 Å². The Morgan fingerprint density at radius 1 is 1.50 bits per heavy atom. The van der Waals surface area contributed by atoms with Crippen LogP contribution in [0.4, 0.5) is 0 Å². The molecule has 0 aromatic carbocycles. The van der Waals surface area contributed by atoms with Gasteiger partial charge in [0.1, 0.15) is 0 Å². The van der Waals surface area contributed by atoms with Crippen LogP contribution in [0.25, 0.3) is 0 Å². The summed E-state index contributed by atoms with van der Waals surface area (Å²) in [6.45, 7) is 6.37. The van der Waals surface area contributed by atoms with Crippen molar-refractivity contribution in [3.8, 4) is 0 Å². The second-order valence-electron chi connectivity index (χ2n) is 3.80. The Morgan fingerprint density at radius 2 is 2.00 bits per heavy atom. The van der Waals surface area contributed by atoms with Crippen LogP contribution >= 0.6 is 0 Å². The SMILES string of the molecule is CCCCN(C)C(=O)C(C)(C)N. The van der Waals surface area contributed by atoms with Gasteiger partial charge in [0.15, 0.2) is 0 Å². The van der Waals surface area contributed by atoms with Crippen molar-refractivity contribution in [2.75, 3.05) is 13.6 Å². The van der Waals surface area contributed by atoms with E-state index in [1.807, 2.05) is 0 Å². The lowest BCUT2D eigenvalue weighted by molar-refractivity contribution is -0.134. The highest BCUT2D eigenvalue weighted by Crippen LogP contribution is 2.03. The lowest BCUT2D eigenvalue weighted by Gasteiger charge is -2.25. The third kappa shape index (κ3) is 3.72. The molecule has 0 aliphatic heterocycles. The van der Waals surface area contributed by atoms with E-state index in [0.29, 0.717) is 0 Å². The molecule has 0 aromatic heterocycles. The van der Waals surface area contributed by atoms with E-state index in [-0.39, 0.29) is 5.91 Å². The minimum absolute atomic E-state index is 0.0101. The molecule has 0 saturated carbocycles. The van der Waals surface area contributed by atoms with Gasteiger partial charge in [-0.2, -0.15) is 0 Å².